The van der Waals surface area contributed by atoms with Crippen LogP contribution < -0.4 is 15.0 Å². The Morgan fingerprint density at radius 2 is 1.94 bits per heavy atom. The average Bonchev–Trinajstić information content (AvgIpc) is 3.31. The molecular weight excluding hydrogens is 418 g/mol. The highest BCUT2D eigenvalue weighted by Crippen LogP contribution is 2.37. The molecule has 0 spiro atoms. The van der Waals surface area contributed by atoms with Crippen LogP contribution in [0, 0.1) is 6.92 Å². The van der Waals surface area contributed by atoms with Gasteiger partial charge in [0.15, 0.2) is 0 Å². The van der Waals surface area contributed by atoms with Crippen molar-refractivity contribution in [1.82, 2.24) is 14.5 Å². The van der Waals surface area contributed by atoms with Crippen molar-refractivity contribution in [2.75, 3.05) is 17.3 Å². The number of nitrogens with zero attached hydrogens (tertiary/aromatic N) is 4. The third-order valence-electron chi connectivity index (χ3n) is 5.74. The lowest BCUT2D eigenvalue weighted by Gasteiger charge is -2.16. The molecule has 1 N–H and O–H groups in total. The number of amides is 2. The van der Waals surface area contributed by atoms with Gasteiger partial charge in [-0.15, -0.1) is 0 Å². The monoisotopic (exact) mass is 441 g/mol. The van der Waals surface area contributed by atoms with Gasteiger partial charge < -0.3 is 10.1 Å². The number of hydrogen-bond donors (Lipinski definition) is 1. The molecule has 1 aliphatic rings. The topological polar surface area (TPSA) is 89.3 Å². The van der Waals surface area contributed by atoms with E-state index in [1.165, 1.54) is 0 Å². The Morgan fingerprint density at radius 3 is 2.73 bits per heavy atom. The smallest absolute Gasteiger partial charge is 0.253 e. The van der Waals surface area contributed by atoms with Gasteiger partial charge in [0.2, 0.25) is 11.9 Å². The van der Waals surface area contributed by atoms with Crippen LogP contribution in [0.5, 0.6) is 5.75 Å². The summed E-state index contributed by atoms with van der Waals surface area (Å²) in [7, 11) is 1.56. The molecule has 33 heavy (non-hydrogen) atoms. The number of benzene rings is 2. The number of carbonyl (C=O) groups is 2. The van der Waals surface area contributed by atoms with Crippen molar-refractivity contribution < 1.29 is 14.3 Å². The summed E-state index contributed by atoms with van der Waals surface area (Å²) in [6.07, 6.45) is 1.67. The molecule has 0 aliphatic carbocycles. The van der Waals surface area contributed by atoms with E-state index in [2.05, 4.69) is 10.3 Å². The Bertz CT molecular complexity index is 1350. The highest BCUT2D eigenvalue weighted by molar-refractivity contribution is 6.05. The average molecular weight is 441 g/mol. The van der Waals surface area contributed by atoms with E-state index in [-0.39, 0.29) is 24.8 Å². The lowest BCUT2D eigenvalue weighted by Crippen LogP contribution is -2.31. The number of carbonyl (C=O) groups excluding carboxylic acids is 2. The van der Waals surface area contributed by atoms with Crippen LogP contribution in [0.3, 0.4) is 0 Å². The maximum Gasteiger partial charge on any atom is 0.253 e. The van der Waals surface area contributed by atoms with E-state index in [9.17, 15) is 9.59 Å². The maximum atomic E-state index is 13.5. The van der Waals surface area contributed by atoms with Gasteiger partial charge in [-0.3, -0.25) is 24.0 Å². The van der Waals surface area contributed by atoms with Crippen LogP contribution >= 0.6 is 0 Å². The molecule has 3 heterocycles. The minimum absolute atomic E-state index is 0.0258. The number of aromatic nitrogens is 3. The number of hydrogen-bond acceptors (Lipinski definition) is 5. The van der Waals surface area contributed by atoms with Crippen LogP contribution in [-0.4, -0.2) is 33.5 Å². The number of para-hydroxylation sites is 2. The highest BCUT2D eigenvalue weighted by atomic mass is 16.5. The van der Waals surface area contributed by atoms with E-state index in [0.29, 0.717) is 17.4 Å². The Hall–Kier alpha value is -4.20. The van der Waals surface area contributed by atoms with Crippen molar-refractivity contribution in [2.45, 2.75) is 25.9 Å². The van der Waals surface area contributed by atoms with Gasteiger partial charge in [-0.25, -0.2) is 4.98 Å². The molecule has 5 rings (SSSR count). The predicted molar refractivity (Wildman–Crippen MR) is 125 cm³/mol. The molecule has 166 valence electrons. The van der Waals surface area contributed by atoms with E-state index in [1.807, 2.05) is 72.2 Å². The zero-order chi connectivity index (χ0) is 22.9. The second-order valence-electron chi connectivity index (χ2n) is 7.99. The molecule has 0 radical (unpaired) electrons. The fourth-order valence-electron chi connectivity index (χ4n) is 4.20. The van der Waals surface area contributed by atoms with Gasteiger partial charge in [0.1, 0.15) is 11.8 Å². The molecule has 0 bridgehead atoms. The summed E-state index contributed by atoms with van der Waals surface area (Å²) >= 11 is 0. The van der Waals surface area contributed by atoms with E-state index in [0.717, 1.165) is 22.3 Å². The van der Waals surface area contributed by atoms with Gasteiger partial charge in [0.25, 0.3) is 5.91 Å². The van der Waals surface area contributed by atoms with Crippen molar-refractivity contribution >= 4 is 34.5 Å². The first-order valence-corrected chi connectivity index (χ1v) is 10.7. The van der Waals surface area contributed by atoms with E-state index >= 15 is 0 Å². The molecule has 2 amide bonds. The van der Waals surface area contributed by atoms with Crippen LogP contribution in [0.1, 0.15) is 23.7 Å². The number of ether oxygens (including phenoxy) is 1. The van der Waals surface area contributed by atoms with E-state index in [4.69, 9.17) is 9.72 Å². The van der Waals surface area contributed by atoms with Gasteiger partial charge in [0, 0.05) is 6.20 Å². The molecule has 1 aliphatic heterocycles. The molecule has 0 saturated heterocycles. The van der Waals surface area contributed by atoms with Crippen LogP contribution in [0.4, 0.5) is 11.6 Å². The van der Waals surface area contributed by atoms with Crippen LogP contribution in [0.2, 0.25) is 0 Å². The van der Waals surface area contributed by atoms with Gasteiger partial charge >= 0.3 is 0 Å². The number of anilines is 2. The van der Waals surface area contributed by atoms with Crippen LogP contribution in [0.15, 0.2) is 66.9 Å². The number of pyridine rings is 1. The number of nitrogens with one attached hydrogen (secondary N) is 1. The third kappa shape index (κ3) is 3.80. The highest BCUT2D eigenvalue weighted by Gasteiger charge is 2.41. The Labute approximate surface area is 190 Å². The summed E-state index contributed by atoms with van der Waals surface area (Å²) in [5, 5.41) is 2.90. The molecule has 0 unspecified atom stereocenters. The van der Waals surface area contributed by atoms with Gasteiger partial charge in [0.05, 0.1) is 42.5 Å². The second-order valence-corrected chi connectivity index (χ2v) is 7.99. The SMILES string of the molecule is COc1ccc(C)cc1NC(=O)C[C@H]1C(=O)N(Cc2ccccn2)c2nc3ccccc3n21. The fourth-order valence-corrected chi connectivity index (χ4v) is 4.20. The predicted octanol–water partition coefficient (Wildman–Crippen LogP) is 3.87. The van der Waals surface area contributed by atoms with Crippen molar-refractivity contribution in [3.63, 3.8) is 0 Å². The molecule has 8 nitrogen and oxygen atoms in total. The summed E-state index contributed by atoms with van der Waals surface area (Å²) in [4.78, 5) is 37.2. The summed E-state index contributed by atoms with van der Waals surface area (Å²) in [6, 6.07) is 18.1. The first-order valence-electron chi connectivity index (χ1n) is 10.7. The van der Waals surface area contributed by atoms with Crippen molar-refractivity contribution in [1.29, 1.82) is 0 Å². The Morgan fingerprint density at radius 1 is 1.12 bits per heavy atom. The van der Waals surface area contributed by atoms with E-state index in [1.54, 1.807) is 18.2 Å². The zero-order valence-corrected chi connectivity index (χ0v) is 18.4. The standard InChI is InChI=1S/C25H23N5O3/c1-16-10-11-22(33-2)19(13-16)27-23(31)14-21-24(32)29(15-17-7-5-6-12-26-17)25-28-18-8-3-4-9-20(18)30(21)25/h3-13,21H,14-15H2,1-2H3,(H,27,31)/t21-/m0/s1. The molecule has 1 atom stereocenters. The molecule has 0 saturated carbocycles. The summed E-state index contributed by atoms with van der Waals surface area (Å²) < 4.78 is 7.22. The number of aryl methyl sites for hydroxylation is 1. The van der Waals surface area contributed by atoms with Crippen molar-refractivity contribution in [3.05, 3.63) is 78.1 Å². The number of methoxy groups -OCH3 is 1. The molecule has 2 aromatic heterocycles. The summed E-state index contributed by atoms with van der Waals surface area (Å²) in [5.74, 6) is 0.635. The van der Waals surface area contributed by atoms with Crippen molar-refractivity contribution in [3.8, 4) is 5.75 Å². The lowest BCUT2D eigenvalue weighted by molar-refractivity contribution is -0.124. The molecule has 0 fully saturated rings. The largest absolute Gasteiger partial charge is 0.495 e. The first kappa shape index (κ1) is 20.7. The first-order chi connectivity index (χ1) is 16.0. The van der Waals surface area contributed by atoms with Crippen LogP contribution in [0.25, 0.3) is 11.0 Å². The maximum absolute atomic E-state index is 13.5. The van der Waals surface area contributed by atoms with Gasteiger partial charge in [-0.1, -0.05) is 24.3 Å². The summed E-state index contributed by atoms with van der Waals surface area (Å²) in [5.41, 5.74) is 3.91. The third-order valence-corrected chi connectivity index (χ3v) is 5.74. The molecule has 4 aromatic rings. The molecule has 2 aromatic carbocycles. The number of rotatable bonds is 6. The Balaban J connectivity index is 1.47. The molecular formula is C25H23N5O3. The quantitative estimate of drug-likeness (QED) is 0.491. The molecule has 8 heteroatoms. The zero-order valence-electron chi connectivity index (χ0n) is 18.4. The Kier molecular flexibility index (Phi) is 5.26. The van der Waals surface area contributed by atoms with Gasteiger partial charge in [-0.2, -0.15) is 0 Å². The minimum Gasteiger partial charge on any atom is -0.495 e. The number of fused-ring (bicyclic) bond motifs is 3. The normalized spacial score (nSPS) is 15.0. The number of imidazole rings is 1. The fraction of sp³-hybridized carbons (Fsp3) is 0.200. The summed E-state index contributed by atoms with van der Waals surface area (Å²) in [6.45, 7) is 2.22. The van der Waals surface area contributed by atoms with Gasteiger partial charge in [-0.05, 0) is 48.9 Å². The van der Waals surface area contributed by atoms with Crippen LogP contribution in [-0.2, 0) is 16.1 Å². The second kappa shape index (κ2) is 8.38. The van der Waals surface area contributed by atoms with Crippen molar-refractivity contribution in [2.24, 2.45) is 0 Å². The van der Waals surface area contributed by atoms with E-state index < -0.39 is 6.04 Å². The minimum atomic E-state index is -0.702. The lowest BCUT2D eigenvalue weighted by atomic mass is 10.1.